The Morgan fingerprint density at radius 2 is 2.16 bits per heavy atom. The Morgan fingerprint density at radius 3 is 2.74 bits per heavy atom. The van der Waals surface area contributed by atoms with Gasteiger partial charge in [-0.25, -0.2) is 4.39 Å². The number of hydrogen-bond donors (Lipinski definition) is 2. The maximum atomic E-state index is 13.2. The SMILES string of the molecule is COc1cc(CC(=O)NCC(C)C(=O)O)ccc1F. The first-order chi connectivity index (χ1) is 8.93. The van der Waals surface area contributed by atoms with Crippen molar-refractivity contribution in [2.75, 3.05) is 13.7 Å². The van der Waals surface area contributed by atoms with Crippen LogP contribution >= 0.6 is 0 Å². The van der Waals surface area contributed by atoms with Gasteiger partial charge in [0.25, 0.3) is 0 Å². The molecular weight excluding hydrogens is 253 g/mol. The monoisotopic (exact) mass is 269 g/mol. The number of nitrogens with one attached hydrogen (secondary N) is 1. The number of halogens is 1. The Morgan fingerprint density at radius 1 is 1.47 bits per heavy atom. The molecule has 1 aromatic rings. The Labute approximate surface area is 110 Å². The second kappa shape index (κ2) is 6.72. The normalized spacial score (nSPS) is 11.7. The van der Waals surface area contributed by atoms with Gasteiger partial charge in [-0.15, -0.1) is 0 Å². The van der Waals surface area contributed by atoms with E-state index in [2.05, 4.69) is 5.32 Å². The lowest BCUT2D eigenvalue weighted by Gasteiger charge is -2.09. The summed E-state index contributed by atoms with van der Waals surface area (Å²) in [6.45, 7) is 1.57. The van der Waals surface area contributed by atoms with Crippen LogP contribution in [-0.2, 0) is 16.0 Å². The van der Waals surface area contributed by atoms with Crippen LogP contribution in [-0.4, -0.2) is 30.6 Å². The van der Waals surface area contributed by atoms with E-state index in [1.165, 1.54) is 32.2 Å². The van der Waals surface area contributed by atoms with Crippen LogP contribution in [0.1, 0.15) is 12.5 Å². The Balaban J connectivity index is 2.55. The number of hydrogen-bond acceptors (Lipinski definition) is 3. The van der Waals surface area contributed by atoms with Gasteiger partial charge in [0, 0.05) is 6.54 Å². The average Bonchev–Trinajstić information content (AvgIpc) is 2.38. The third-order valence-electron chi connectivity index (χ3n) is 2.61. The molecule has 5 nitrogen and oxygen atoms in total. The van der Waals surface area contributed by atoms with Crippen molar-refractivity contribution in [3.63, 3.8) is 0 Å². The Bertz CT molecular complexity index is 476. The third-order valence-corrected chi connectivity index (χ3v) is 2.61. The van der Waals surface area contributed by atoms with Gasteiger partial charge in [-0.2, -0.15) is 0 Å². The van der Waals surface area contributed by atoms with E-state index in [1.807, 2.05) is 0 Å². The molecule has 1 aromatic carbocycles. The van der Waals surface area contributed by atoms with Crippen molar-refractivity contribution < 1.29 is 23.8 Å². The second-order valence-corrected chi connectivity index (χ2v) is 4.19. The predicted octanol–water partition coefficient (Wildman–Crippen LogP) is 1.21. The minimum Gasteiger partial charge on any atom is -0.494 e. The van der Waals surface area contributed by atoms with E-state index >= 15 is 0 Å². The molecule has 0 saturated heterocycles. The number of benzene rings is 1. The molecule has 0 aliphatic heterocycles. The number of ether oxygens (including phenoxy) is 1. The van der Waals surface area contributed by atoms with Gasteiger partial charge in [-0.1, -0.05) is 13.0 Å². The fraction of sp³-hybridized carbons (Fsp3) is 0.385. The molecule has 19 heavy (non-hydrogen) atoms. The van der Waals surface area contributed by atoms with Crippen LogP contribution in [0.2, 0.25) is 0 Å². The molecule has 1 atom stereocenters. The molecular formula is C13H16FNO4. The van der Waals surface area contributed by atoms with Gasteiger partial charge < -0.3 is 15.2 Å². The quantitative estimate of drug-likeness (QED) is 0.814. The lowest BCUT2D eigenvalue weighted by Crippen LogP contribution is -2.32. The van der Waals surface area contributed by atoms with Crippen molar-refractivity contribution >= 4 is 11.9 Å². The first-order valence-corrected chi connectivity index (χ1v) is 5.76. The molecule has 0 aliphatic carbocycles. The summed E-state index contributed by atoms with van der Waals surface area (Å²) in [6, 6.07) is 4.15. The summed E-state index contributed by atoms with van der Waals surface area (Å²) in [5.41, 5.74) is 0.596. The number of methoxy groups -OCH3 is 1. The van der Waals surface area contributed by atoms with Gasteiger partial charge in [-0.05, 0) is 17.7 Å². The van der Waals surface area contributed by atoms with E-state index in [0.717, 1.165) is 0 Å². The first-order valence-electron chi connectivity index (χ1n) is 5.76. The van der Waals surface area contributed by atoms with Crippen LogP contribution in [0.4, 0.5) is 4.39 Å². The van der Waals surface area contributed by atoms with Crippen LogP contribution in [0.15, 0.2) is 18.2 Å². The summed E-state index contributed by atoms with van der Waals surface area (Å²) < 4.78 is 18.0. The molecule has 0 saturated carbocycles. The lowest BCUT2D eigenvalue weighted by atomic mass is 10.1. The lowest BCUT2D eigenvalue weighted by molar-refractivity contribution is -0.141. The van der Waals surface area contributed by atoms with Crippen molar-refractivity contribution in [2.45, 2.75) is 13.3 Å². The number of carboxylic acids is 1. The average molecular weight is 269 g/mol. The number of carboxylic acid groups (broad SMARTS) is 1. The standard InChI is InChI=1S/C13H16FNO4/c1-8(13(17)18)7-15-12(16)6-9-3-4-10(14)11(5-9)19-2/h3-5,8H,6-7H2,1-2H3,(H,15,16)(H,17,18). The molecule has 0 bridgehead atoms. The summed E-state index contributed by atoms with van der Waals surface area (Å²) in [7, 11) is 1.34. The van der Waals surface area contributed by atoms with Crippen LogP contribution in [0, 0.1) is 11.7 Å². The van der Waals surface area contributed by atoms with Gasteiger partial charge in [-0.3, -0.25) is 9.59 Å². The number of aliphatic carboxylic acids is 1. The Hall–Kier alpha value is -2.11. The van der Waals surface area contributed by atoms with E-state index in [-0.39, 0.29) is 24.6 Å². The van der Waals surface area contributed by atoms with E-state index in [4.69, 9.17) is 9.84 Å². The van der Waals surface area contributed by atoms with Crippen molar-refractivity contribution in [3.05, 3.63) is 29.6 Å². The second-order valence-electron chi connectivity index (χ2n) is 4.19. The molecule has 1 rings (SSSR count). The molecule has 2 N–H and O–H groups in total. The third kappa shape index (κ3) is 4.57. The van der Waals surface area contributed by atoms with Crippen LogP contribution < -0.4 is 10.1 Å². The molecule has 0 aliphatic rings. The maximum Gasteiger partial charge on any atom is 0.308 e. The summed E-state index contributed by atoms with van der Waals surface area (Å²) in [4.78, 5) is 22.2. The highest BCUT2D eigenvalue weighted by Crippen LogP contribution is 2.18. The number of carbonyl (C=O) groups excluding carboxylic acids is 1. The molecule has 104 valence electrons. The highest BCUT2D eigenvalue weighted by atomic mass is 19.1. The molecule has 6 heteroatoms. The highest BCUT2D eigenvalue weighted by Gasteiger charge is 2.13. The van der Waals surface area contributed by atoms with Crippen LogP contribution in [0.3, 0.4) is 0 Å². The largest absolute Gasteiger partial charge is 0.494 e. The van der Waals surface area contributed by atoms with Gasteiger partial charge in [0.15, 0.2) is 11.6 Å². The number of carbonyl (C=O) groups is 2. The topological polar surface area (TPSA) is 75.6 Å². The zero-order valence-electron chi connectivity index (χ0n) is 10.8. The smallest absolute Gasteiger partial charge is 0.308 e. The molecule has 0 spiro atoms. The van der Waals surface area contributed by atoms with E-state index in [0.29, 0.717) is 5.56 Å². The number of amides is 1. The first kappa shape index (κ1) is 14.9. The minimum atomic E-state index is -0.969. The fourth-order valence-corrected chi connectivity index (χ4v) is 1.42. The zero-order valence-corrected chi connectivity index (χ0v) is 10.8. The van der Waals surface area contributed by atoms with Crippen LogP contribution in [0.5, 0.6) is 5.75 Å². The van der Waals surface area contributed by atoms with Gasteiger partial charge in [0.05, 0.1) is 19.4 Å². The zero-order chi connectivity index (χ0) is 14.4. The van der Waals surface area contributed by atoms with Crippen molar-refractivity contribution in [3.8, 4) is 5.75 Å². The van der Waals surface area contributed by atoms with Gasteiger partial charge in [0.2, 0.25) is 5.91 Å². The van der Waals surface area contributed by atoms with Crippen molar-refractivity contribution in [1.29, 1.82) is 0 Å². The summed E-state index contributed by atoms with van der Waals surface area (Å²) in [6.07, 6.45) is 0.0446. The molecule has 0 radical (unpaired) electrons. The predicted molar refractivity (Wildman–Crippen MR) is 66.5 cm³/mol. The Kier molecular flexibility index (Phi) is 5.29. The van der Waals surface area contributed by atoms with Crippen LogP contribution in [0.25, 0.3) is 0 Å². The van der Waals surface area contributed by atoms with Gasteiger partial charge >= 0.3 is 5.97 Å². The molecule has 1 amide bonds. The molecule has 0 fully saturated rings. The highest BCUT2D eigenvalue weighted by molar-refractivity contribution is 5.79. The fourth-order valence-electron chi connectivity index (χ4n) is 1.42. The summed E-state index contributed by atoms with van der Waals surface area (Å²) in [5, 5.41) is 11.2. The molecule has 1 unspecified atom stereocenters. The minimum absolute atomic E-state index is 0.0446. The summed E-state index contributed by atoms with van der Waals surface area (Å²) in [5.74, 6) is -2.35. The maximum absolute atomic E-state index is 13.2. The van der Waals surface area contributed by atoms with E-state index in [1.54, 1.807) is 0 Å². The van der Waals surface area contributed by atoms with E-state index < -0.39 is 17.7 Å². The molecule has 0 aromatic heterocycles. The number of rotatable bonds is 6. The van der Waals surface area contributed by atoms with Crippen molar-refractivity contribution in [2.24, 2.45) is 5.92 Å². The summed E-state index contributed by atoms with van der Waals surface area (Å²) >= 11 is 0. The van der Waals surface area contributed by atoms with E-state index in [9.17, 15) is 14.0 Å². The van der Waals surface area contributed by atoms with Crippen molar-refractivity contribution in [1.82, 2.24) is 5.32 Å². The van der Waals surface area contributed by atoms with Gasteiger partial charge in [0.1, 0.15) is 0 Å². The molecule has 0 heterocycles.